The van der Waals surface area contributed by atoms with Crippen molar-refractivity contribution in [2.24, 2.45) is 17.8 Å². The maximum absolute atomic E-state index is 13.7. The van der Waals surface area contributed by atoms with Crippen LogP contribution in [0.15, 0.2) is 60.8 Å². The summed E-state index contributed by atoms with van der Waals surface area (Å²) in [7, 11) is 0. The second kappa shape index (κ2) is 17.0. The molecule has 4 atom stereocenters. The lowest BCUT2D eigenvalue weighted by atomic mass is 9.75. The van der Waals surface area contributed by atoms with Crippen LogP contribution in [0.25, 0.3) is 21.9 Å². The van der Waals surface area contributed by atoms with E-state index < -0.39 is 28.5 Å². The van der Waals surface area contributed by atoms with Gasteiger partial charge in [0.15, 0.2) is 11.5 Å². The number of aryl methyl sites for hydroxylation is 3. The Kier molecular flexibility index (Phi) is 11.9. The average molecular weight is 814 g/mol. The molecule has 1 saturated heterocycles. The molecule has 1 aliphatic heterocycles. The number of morpholine rings is 1. The third-order valence-corrected chi connectivity index (χ3v) is 12.0. The molecule has 2 fully saturated rings. The van der Waals surface area contributed by atoms with E-state index >= 15 is 0 Å². The lowest BCUT2D eigenvalue weighted by molar-refractivity contribution is -0.0249. The van der Waals surface area contributed by atoms with Gasteiger partial charge in [-0.3, -0.25) is 19.1 Å². The standard InChI is InChI=1S/C41H47N7O7S2/c1-24-8-9-26(3)35(20-24)54-56(50)45-31-12-10-27(4)36(22-31)55-57(51)46-32-21-30(11-13-34(32)47-14-16-52-17-15-47)39-43-40-37(33(42-7)23-48(40)44-39)41(49)53-38-28(5)18-25(2)19-29(38)6/h8-13,20-23,25,28-29,38,45-46H,14-19H2,1-6H3,(H,43,44). The summed E-state index contributed by atoms with van der Waals surface area (Å²) in [6.07, 6.45) is 3.24. The quantitative estimate of drug-likeness (QED) is 0.0840. The predicted molar refractivity (Wildman–Crippen MR) is 222 cm³/mol. The molecule has 3 heterocycles. The van der Waals surface area contributed by atoms with E-state index in [4.69, 9.17) is 29.4 Å². The van der Waals surface area contributed by atoms with Crippen molar-refractivity contribution in [2.75, 3.05) is 40.6 Å². The minimum Gasteiger partial charge on any atom is -0.459 e. The van der Waals surface area contributed by atoms with Crippen LogP contribution in [0, 0.1) is 45.1 Å². The summed E-state index contributed by atoms with van der Waals surface area (Å²) >= 11 is -3.98. The third kappa shape index (κ3) is 8.96. The first-order valence-corrected chi connectivity index (χ1v) is 21.1. The van der Waals surface area contributed by atoms with E-state index in [-0.39, 0.29) is 34.8 Å². The highest BCUT2D eigenvalue weighted by molar-refractivity contribution is 7.82. The maximum atomic E-state index is 13.7. The van der Waals surface area contributed by atoms with Crippen molar-refractivity contribution in [2.45, 2.75) is 60.5 Å². The molecule has 3 N–H and O–H groups in total. The number of carbonyl (C=O) groups is 1. The van der Waals surface area contributed by atoms with Gasteiger partial charge in [0.1, 0.15) is 23.2 Å². The summed E-state index contributed by atoms with van der Waals surface area (Å²) in [5, 5.41) is 3.20. The van der Waals surface area contributed by atoms with Gasteiger partial charge in [-0.25, -0.2) is 14.6 Å². The van der Waals surface area contributed by atoms with Gasteiger partial charge in [0.2, 0.25) is 5.69 Å². The van der Waals surface area contributed by atoms with Crippen LogP contribution in [0.1, 0.15) is 60.7 Å². The molecule has 16 heteroatoms. The first-order valence-electron chi connectivity index (χ1n) is 18.9. The lowest BCUT2D eigenvalue weighted by Gasteiger charge is -2.37. The van der Waals surface area contributed by atoms with E-state index in [1.807, 2.05) is 57.2 Å². The zero-order chi connectivity index (χ0) is 40.4. The summed E-state index contributed by atoms with van der Waals surface area (Å²) in [6.45, 7) is 22.2. The lowest BCUT2D eigenvalue weighted by Crippen LogP contribution is -2.37. The molecular formula is C41H47N7O7S2. The Morgan fingerprint density at radius 2 is 1.58 bits per heavy atom. The predicted octanol–water partition coefficient (Wildman–Crippen LogP) is 8.01. The fourth-order valence-corrected chi connectivity index (χ4v) is 9.16. The Balaban J connectivity index is 1.12. The Bertz CT molecular complexity index is 2370. The number of benzene rings is 3. The van der Waals surface area contributed by atoms with E-state index in [0.29, 0.717) is 72.0 Å². The van der Waals surface area contributed by atoms with E-state index in [0.717, 1.165) is 29.7 Å². The van der Waals surface area contributed by atoms with E-state index in [9.17, 15) is 13.2 Å². The van der Waals surface area contributed by atoms with Crippen LogP contribution in [-0.4, -0.2) is 61.4 Å². The summed E-state index contributed by atoms with van der Waals surface area (Å²) in [5.41, 5.74) is 5.48. The van der Waals surface area contributed by atoms with Crippen molar-refractivity contribution >= 4 is 56.9 Å². The van der Waals surface area contributed by atoms with Crippen molar-refractivity contribution in [3.63, 3.8) is 0 Å². The van der Waals surface area contributed by atoms with Crippen LogP contribution in [0.2, 0.25) is 0 Å². The van der Waals surface area contributed by atoms with Gasteiger partial charge in [0.05, 0.1) is 36.8 Å². The number of esters is 1. The molecule has 1 saturated carbocycles. The smallest absolute Gasteiger partial charge is 0.331 e. The Morgan fingerprint density at radius 1 is 0.912 bits per heavy atom. The van der Waals surface area contributed by atoms with Gasteiger partial charge in [-0.05, 0) is 98.4 Å². The highest BCUT2D eigenvalue weighted by atomic mass is 32.2. The SMILES string of the molecule is [C-]#[N+]c1cn2[nH]c(-c3ccc(N4CCOCC4)c(NS(=O)Oc4cc(NS(=O)Oc5cc(C)ccc5C)ccc4C)c3)nc2c1C(=O)OC1C(C)CC(C)CC1C. The molecule has 0 radical (unpaired) electrons. The first kappa shape index (κ1) is 39.8. The molecule has 0 spiro atoms. The molecule has 3 aromatic carbocycles. The van der Waals surface area contributed by atoms with Crippen LogP contribution in [-0.2, 0) is 32.0 Å². The van der Waals surface area contributed by atoms with Crippen molar-refractivity contribution in [1.29, 1.82) is 0 Å². The molecule has 7 rings (SSSR count). The van der Waals surface area contributed by atoms with Crippen molar-refractivity contribution in [3.8, 4) is 22.9 Å². The summed E-state index contributed by atoms with van der Waals surface area (Å²) < 4.78 is 57.3. The van der Waals surface area contributed by atoms with E-state index in [1.165, 1.54) is 0 Å². The normalized spacial score (nSPS) is 20.7. The van der Waals surface area contributed by atoms with Gasteiger partial charge in [0.25, 0.3) is 0 Å². The number of H-pyrrole nitrogens is 1. The molecule has 57 heavy (non-hydrogen) atoms. The fourth-order valence-electron chi connectivity index (χ4n) is 7.73. The van der Waals surface area contributed by atoms with Gasteiger partial charge >= 0.3 is 28.5 Å². The number of aromatic nitrogens is 3. The number of nitrogens with zero attached hydrogens (tertiary/aromatic N) is 4. The van der Waals surface area contributed by atoms with Crippen molar-refractivity contribution in [3.05, 3.63) is 94.5 Å². The second-order valence-electron chi connectivity index (χ2n) is 15.1. The zero-order valence-electron chi connectivity index (χ0n) is 32.8. The third-order valence-electron chi connectivity index (χ3n) is 10.5. The molecule has 14 nitrogen and oxygen atoms in total. The number of hydrogen-bond acceptors (Lipinski definition) is 9. The topological polar surface area (TPSA) is 153 Å². The Morgan fingerprint density at radius 3 is 2.28 bits per heavy atom. The molecule has 1 aliphatic carbocycles. The Hall–Kier alpha value is -5.37. The number of rotatable bonds is 12. The number of carbonyl (C=O) groups excluding carboxylic acids is 1. The monoisotopic (exact) mass is 813 g/mol. The number of ether oxygens (including phenoxy) is 2. The highest BCUT2D eigenvalue weighted by Gasteiger charge is 2.36. The Labute approximate surface area is 337 Å². The van der Waals surface area contributed by atoms with Crippen LogP contribution in [0.5, 0.6) is 11.5 Å². The molecule has 5 aromatic rings. The highest BCUT2D eigenvalue weighted by Crippen LogP contribution is 2.38. The minimum atomic E-state index is -2.08. The van der Waals surface area contributed by atoms with Crippen molar-refractivity contribution < 1.29 is 31.1 Å². The summed E-state index contributed by atoms with van der Waals surface area (Å²) in [5.74, 6) is 1.63. The number of fused-ring (bicyclic) bond motifs is 1. The number of nitrogens with one attached hydrogen (secondary N) is 3. The summed E-state index contributed by atoms with van der Waals surface area (Å²) in [4.78, 5) is 24.2. The van der Waals surface area contributed by atoms with Gasteiger partial charge in [0, 0.05) is 30.9 Å². The molecule has 0 bridgehead atoms. The maximum Gasteiger partial charge on any atom is 0.331 e. The first-order chi connectivity index (χ1) is 27.4. The van der Waals surface area contributed by atoms with Gasteiger partial charge in [-0.15, -0.1) is 0 Å². The van der Waals surface area contributed by atoms with Gasteiger partial charge in [-0.1, -0.05) is 39.0 Å². The average Bonchev–Trinajstić information content (AvgIpc) is 3.74. The number of anilines is 3. The van der Waals surface area contributed by atoms with E-state index in [2.05, 4.69) is 45.1 Å². The number of hydrogen-bond donors (Lipinski definition) is 3. The molecule has 2 aromatic heterocycles. The molecule has 300 valence electrons. The molecular weight excluding hydrogens is 767 g/mol. The van der Waals surface area contributed by atoms with Crippen LogP contribution >= 0.6 is 0 Å². The minimum absolute atomic E-state index is 0.121. The van der Waals surface area contributed by atoms with Gasteiger partial charge in [-0.2, -0.15) is 8.42 Å². The number of aromatic amines is 1. The van der Waals surface area contributed by atoms with Crippen LogP contribution in [0.4, 0.5) is 22.7 Å². The van der Waals surface area contributed by atoms with E-state index in [1.54, 1.807) is 28.9 Å². The molecule has 4 unspecified atom stereocenters. The summed E-state index contributed by atoms with van der Waals surface area (Å²) in [6, 6.07) is 16.4. The fraction of sp³-hybridized carbons (Fsp3) is 0.390. The van der Waals surface area contributed by atoms with Crippen LogP contribution < -0.4 is 22.7 Å². The molecule has 0 amide bonds. The largest absolute Gasteiger partial charge is 0.459 e. The van der Waals surface area contributed by atoms with Gasteiger partial charge < -0.3 is 22.7 Å². The van der Waals surface area contributed by atoms with Crippen LogP contribution in [0.3, 0.4) is 0 Å². The molecule has 2 aliphatic rings. The zero-order valence-corrected chi connectivity index (χ0v) is 34.4. The van der Waals surface area contributed by atoms with Crippen molar-refractivity contribution in [1.82, 2.24) is 14.6 Å². The second-order valence-corrected chi connectivity index (χ2v) is 16.8.